The van der Waals surface area contributed by atoms with Crippen LogP contribution in [-0.2, 0) is 0 Å². The lowest BCUT2D eigenvalue weighted by atomic mass is 10.0. The van der Waals surface area contributed by atoms with Gasteiger partial charge in [-0.1, -0.05) is 18.2 Å². The molecule has 19 heavy (non-hydrogen) atoms. The van der Waals surface area contributed by atoms with Gasteiger partial charge in [-0.15, -0.1) is 0 Å². The van der Waals surface area contributed by atoms with Crippen LogP contribution in [0.1, 0.15) is 25.5 Å². The number of amides is 2. The molecule has 104 valence electrons. The van der Waals surface area contributed by atoms with E-state index in [-0.39, 0.29) is 23.4 Å². The van der Waals surface area contributed by atoms with Gasteiger partial charge in [-0.05, 0) is 27.0 Å². The number of hydrogen-bond acceptors (Lipinski definition) is 2. The van der Waals surface area contributed by atoms with Gasteiger partial charge in [-0.2, -0.15) is 0 Å². The molecule has 0 radical (unpaired) electrons. The number of halogens is 1. The number of carbonyl (C=O) groups is 1. The Morgan fingerprint density at radius 3 is 2.79 bits per heavy atom. The molecule has 2 amide bonds. The summed E-state index contributed by atoms with van der Waals surface area (Å²) in [7, 11) is 1.85. The smallest absolute Gasteiger partial charge is 0.318 e. The number of carbonyl (C=O) groups excluding carboxylic acids is 1. The van der Waals surface area contributed by atoms with Crippen molar-refractivity contribution < 1.29 is 9.18 Å². The van der Waals surface area contributed by atoms with E-state index >= 15 is 0 Å². The second kappa shape index (κ2) is 5.17. The van der Waals surface area contributed by atoms with Crippen LogP contribution in [0.4, 0.5) is 9.18 Å². The summed E-state index contributed by atoms with van der Waals surface area (Å²) in [5, 5.41) is 5.92. The lowest BCUT2D eigenvalue weighted by molar-refractivity contribution is 0.158. The summed E-state index contributed by atoms with van der Waals surface area (Å²) in [6.07, 6.45) is 0. The molecule has 2 N–H and O–H groups in total. The van der Waals surface area contributed by atoms with Gasteiger partial charge >= 0.3 is 6.03 Å². The van der Waals surface area contributed by atoms with Gasteiger partial charge in [0.05, 0.1) is 11.6 Å². The molecular weight excluding hydrogens is 245 g/mol. The van der Waals surface area contributed by atoms with Gasteiger partial charge in [-0.25, -0.2) is 9.18 Å². The summed E-state index contributed by atoms with van der Waals surface area (Å²) in [6, 6.07) is 6.14. The maximum atomic E-state index is 13.8. The van der Waals surface area contributed by atoms with Gasteiger partial charge in [0, 0.05) is 18.7 Å². The number of hydrogen-bond donors (Lipinski definition) is 2. The molecule has 0 saturated carbocycles. The molecular formula is C14H20FN3O. The third-order valence-corrected chi connectivity index (χ3v) is 3.53. The van der Waals surface area contributed by atoms with Crippen LogP contribution >= 0.6 is 0 Å². The Morgan fingerprint density at radius 2 is 2.16 bits per heavy atom. The van der Waals surface area contributed by atoms with Crippen molar-refractivity contribution in [3.63, 3.8) is 0 Å². The second-order valence-corrected chi connectivity index (χ2v) is 5.48. The van der Waals surface area contributed by atoms with Crippen LogP contribution < -0.4 is 10.6 Å². The fourth-order valence-electron chi connectivity index (χ4n) is 2.52. The molecule has 1 unspecified atom stereocenters. The number of rotatable bonds is 4. The lowest BCUT2D eigenvalue weighted by Gasteiger charge is -2.34. The predicted octanol–water partition coefficient (Wildman–Crippen LogP) is 1.89. The zero-order chi connectivity index (χ0) is 14.0. The Hall–Kier alpha value is -1.62. The van der Waals surface area contributed by atoms with Gasteiger partial charge < -0.3 is 15.5 Å². The standard InChI is InChI=1S/C14H20FN3O/c1-14(2,9-16-3)18-8-12(17-13(18)19)10-6-4-5-7-11(10)15/h4-7,12,16H,8-9H2,1-3H3,(H,17,19). The molecule has 1 heterocycles. The first kappa shape index (κ1) is 13.8. The first-order valence-electron chi connectivity index (χ1n) is 6.43. The summed E-state index contributed by atoms with van der Waals surface area (Å²) in [4.78, 5) is 13.8. The Balaban J connectivity index is 2.18. The number of nitrogens with one attached hydrogen (secondary N) is 2. The predicted molar refractivity (Wildman–Crippen MR) is 72.4 cm³/mol. The number of likely N-dealkylation sites (N-methyl/N-ethyl adjacent to an activating group) is 1. The highest BCUT2D eigenvalue weighted by atomic mass is 19.1. The minimum atomic E-state index is -0.307. The zero-order valence-corrected chi connectivity index (χ0v) is 11.5. The van der Waals surface area contributed by atoms with Crippen LogP contribution in [-0.4, -0.2) is 36.6 Å². The van der Waals surface area contributed by atoms with Crippen molar-refractivity contribution in [3.05, 3.63) is 35.6 Å². The van der Waals surface area contributed by atoms with Crippen LogP contribution in [0.5, 0.6) is 0 Å². The molecule has 5 heteroatoms. The van der Waals surface area contributed by atoms with Gasteiger partial charge in [0.25, 0.3) is 0 Å². The van der Waals surface area contributed by atoms with Crippen LogP contribution in [0.15, 0.2) is 24.3 Å². The van der Waals surface area contributed by atoms with Crippen molar-refractivity contribution in [1.29, 1.82) is 0 Å². The summed E-state index contributed by atoms with van der Waals surface area (Å²) >= 11 is 0. The van der Waals surface area contributed by atoms with E-state index in [0.717, 1.165) is 0 Å². The lowest BCUT2D eigenvalue weighted by Crippen LogP contribution is -2.51. The van der Waals surface area contributed by atoms with Crippen molar-refractivity contribution in [2.45, 2.75) is 25.4 Å². The van der Waals surface area contributed by atoms with Gasteiger partial charge in [0.1, 0.15) is 5.82 Å². The topological polar surface area (TPSA) is 44.4 Å². The minimum absolute atomic E-state index is 0.145. The Morgan fingerprint density at radius 1 is 1.47 bits per heavy atom. The average molecular weight is 265 g/mol. The molecule has 0 aliphatic carbocycles. The Kier molecular flexibility index (Phi) is 3.75. The fourth-order valence-corrected chi connectivity index (χ4v) is 2.52. The molecule has 1 saturated heterocycles. The maximum absolute atomic E-state index is 13.8. The third-order valence-electron chi connectivity index (χ3n) is 3.53. The van der Waals surface area contributed by atoms with E-state index in [1.807, 2.05) is 20.9 Å². The second-order valence-electron chi connectivity index (χ2n) is 5.48. The van der Waals surface area contributed by atoms with E-state index in [9.17, 15) is 9.18 Å². The third kappa shape index (κ3) is 2.71. The van der Waals surface area contributed by atoms with E-state index in [1.54, 1.807) is 23.1 Å². The van der Waals surface area contributed by atoms with E-state index < -0.39 is 0 Å². The van der Waals surface area contributed by atoms with E-state index in [4.69, 9.17) is 0 Å². The summed E-state index contributed by atoms with van der Waals surface area (Å²) in [6.45, 7) is 5.15. The largest absolute Gasteiger partial charge is 0.329 e. The normalized spacial score (nSPS) is 19.7. The molecule has 1 aromatic rings. The summed E-state index contributed by atoms with van der Waals surface area (Å²) in [5.74, 6) is -0.277. The molecule has 1 fully saturated rings. The van der Waals surface area contributed by atoms with Gasteiger partial charge in [-0.3, -0.25) is 0 Å². The molecule has 1 aliphatic heterocycles. The minimum Gasteiger partial charge on any atom is -0.329 e. The van der Waals surface area contributed by atoms with Crippen molar-refractivity contribution in [2.24, 2.45) is 0 Å². The van der Waals surface area contributed by atoms with E-state index in [2.05, 4.69) is 10.6 Å². The van der Waals surface area contributed by atoms with Gasteiger partial charge in [0.15, 0.2) is 0 Å². The maximum Gasteiger partial charge on any atom is 0.318 e. The van der Waals surface area contributed by atoms with Crippen molar-refractivity contribution in [3.8, 4) is 0 Å². The highest BCUT2D eigenvalue weighted by Crippen LogP contribution is 2.27. The molecule has 4 nitrogen and oxygen atoms in total. The molecule has 0 aromatic heterocycles. The highest BCUT2D eigenvalue weighted by molar-refractivity contribution is 5.78. The quantitative estimate of drug-likeness (QED) is 0.873. The van der Waals surface area contributed by atoms with Crippen molar-refractivity contribution >= 4 is 6.03 Å². The average Bonchev–Trinajstić information content (AvgIpc) is 2.72. The SMILES string of the molecule is CNCC(C)(C)N1CC(c2ccccc2F)NC1=O. The first-order chi connectivity index (χ1) is 8.95. The Bertz CT molecular complexity index is 476. The highest BCUT2D eigenvalue weighted by Gasteiger charge is 2.39. The van der Waals surface area contributed by atoms with Crippen molar-refractivity contribution in [1.82, 2.24) is 15.5 Å². The number of urea groups is 1. The summed E-state index contributed by atoms with van der Waals surface area (Å²) < 4.78 is 13.8. The molecule has 0 bridgehead atoms. The van der Waals surface area contributed by atoms with Crippen molar-refractivity contribution in [2.75, 3.05) is 20.1 Å². The van der Waals surface area contributed by atoms with Crippen LogP contribution in [0, 0.1) is 5.82 Å². The fraction of sp³-hybridized carbons (Fsp3) is 0.500. The Labute approximate surface area is 113 Å². The summed E-state index contributed by atoms with van der Waals surface area (Å²) in [5.41, 5.74) is 0.234. The van der Waals surface area contributed by atoms with Crippen LogP contribution in [0.3, 0.4) is 0 Å². The zero-order valence-electron chi connectivity index (χ0n) is 11.5. The van der Waals surface area contributed by atoms with Gasteiger partial charge in [0.2, 0.25) is 0 Å². The molecule has 1 aromatic carbocycles. The molecule has 1 atom stereocenters. The monoisotopic (exact) mass is 265 g/mol. The molecule has 1 aliphatic rings. The first-order valence-corrected chi connectivity index (χ1v) is 6.43. The molecule has 0 spiro atoms. The van der Waals surface area contributed by atoms with E-state index in [0.29, 0.717) is 18.7 Å². The number of benzene rings is 1. The molecule has 2 rings (SSSR count). The van der Waals surface area contributed by atoms with Crippen LogP contribution in [0.25, 0.3) is 0 Å². The van der Waals surface area contributed by atoms with Crippen LogP contribution in [0.2, 0.25) is 0 Å². The van der Waals surface area contributed by atoms with E-state index in [1.165, 1.54) is 6.07 Å². The number of nitrogens with zero attached hydrogens (tertiary/aromatic N) is 1.